The fraction of sp³-hybridized carbons (Fsp3) is 0.267. The number of sulfonamides is 1. The van der Waals surface area contributed by atoms with Crippen molar-refractivity contribution in [1.82, 2.24) is 9.71 Å². The summed E-state index contributed by atoms with van der Waals surface area (Å²) < 4.78 is 33.6. The Bertz CT molecular complexity index is 827. The fourth-order valence-electron chi connectivity index (χ4n) is 2.14. The first-order valence-electron chi connectivity index (χ1n) is 6.72. The van der Waals surface area contributed by atoms with Crippen molar-refractivity contribution >= 4 is 37.6 Å². The van der Waals surface area contributed by atoms with Gasteiger partial charge in [0.15, 0.2) is 0 Å². The van der Waals surface area contributed by atoms with E-state index in [-0.39, 0.29) is 10.0 Å². The highest BCUT2D eigenvalue weighted by atomic mass is 79.9. The minimum atomic E-state index is -3.83. The maximum Gasteiger partial charge on any atom is 0.244 e. The van der Waals surface area contributed by atoms with Crippen molar-refractivity contribution in [2.75, 3.05) is 7.11 Å². The van der Waals surface area contributed by atoms with E-state index in [1.165, 1.54) is 12.3 Å². The van der Waals surface area contributed by atoms with Crippen LogP contribution >= 0.6 is 27.5 Å². The molecule has 0 aliphatic rings. The highest BCUT2D eigenvalue weighted by Crippen LogP contribution is 2.29. The SMILES string of the molecule is COc1ccc(C)cc1C(C)NS(=O)(=O)c1cc(Br)cnc1Cl. The van der Waals surface area contributed by atoms with Gasteiger partial charge in [0.05, 0.1) is 7.11 Å². The lowest BCUT2D eigenvalue weighted by Gasteiger charge is -2.18. The van der Waals surface area contributed by atoms with Gasteiger partial charge in [0.2, 0.25) is 10.0 Å². The van der Waals surface area contributed by atoms with Crippen molar-refractivity contribution in [1.29, 1.82) is 0 Å². The van der Waals surface area contributed by atoms with E-state index in [2.05, 4.69) is 25.6 Å². The summed E-state index contributed by atoms with van der Waals surface area (Å²) in [5.41, 5.74) is 1.75. The zero-order chi connectivity index (χ0) is 17.2. The van der Waals surface area contributed by atoms with E-state index in [1.807, 2.05) is 25.1 Å². The summed E-state index contributed by atoms with van der Waals surface area (Å²) in [4.78, 5) is 3.77. The Kier molecular flexibility index (Phi) is 5.67. The van der Waals surface area contributed by atoms with Crippen molar-refractivity contribution in [3.8, 4) is 5.75 Å². The van der Waals surface area contributed by atoms with E-state index in [0.717, 1.165) is 11.1 Å². The average Bonchev–Trinajstić information content (AvgIpc) is 2.49. The first-order valence-corrected chi connectivity index (χ1v) is 9.38. The normalized spacial score (nSPS) is 12.9. The lowest BCUT2D eigenvalue weighted by molar-refractivity contribution is 0.405. The molecule has 2 aromatic rings. The molecule has 0 amide bonds. The minimum Gasteiger partial charge on any atom is -0.496 e. The first-order chi connectivity index (χ1) is 10.7. The molecule has 0 saturated carbocycles. The predicted octanol–water partition coefficient (Wildman–Crippen LogP) is 3.85. The van der Waals surface area contributed by atoms with Gasteiger partial charge >= 0.3 is 0 Å². The molecule has 1 aromatic carbocycles. The van der Waals surface area contributed by atoms with Crippen molar-refractivity contribution < 1.29 is 13.2 Å². The molecular formula is C15H16BrClN2O3S. The molecule has 0 fully saturated rings. The summed E-state index contributed by atoms with van der Waals surface area (Å²) in [7, 11) is -2.28. The molecule has 0 spiro atoms. The molecule has 0 aliphatic heterocycles. The number of rotatable bonds is 5. The summed E-state index contributed by atoms with van der Waals surface area (Å²) in [5, 5.41) is -0.0795. The van der Waals surface area contributed by atoms with Crippen LogP contribution in [0.25, 0.3) is 0 Å². The molecule has 1 N–H and O–H groups in total. The zero-order valence-electron chi connectivity index (χ0n) is 12.8. The number of halogens is 2. The number of nitrogens with zero attached hydrogens (tertiary/aromatic N) is 1. The van der Waals surface area contributed by atoms with Crippen LogP contribution in [0.1, 0.15) is 24.1 Å². The number of benzene rings is 1. The average molecular weight is 420 g/mol. The Labute approximate surface area is 149 Å². The van der Waals surface area contributed by atoms with E-state index in [9.17, 15) is 8.42 Å². The Hall–Kier alpha value is -1.15. The van der Waals surface area contributed by atoms with Crippen molar-refractivity contribution in [2.45, 2.75) is 24.8 Å². The molecule has 124 valence electrons. The predicted molar refractivity (Wildman–Crippen MR) is 93.4 cm³/mol. The number of hydrogen-bond donors (Lipinski definition) is 1. The number of aromatic nitrogens is 1. The van der Waals surface area contributed by atoms with E-state index in [1.54, 1.807) is 14.0 Å². The monoisotopic (exact) mass is 418 g/mol. The molecular weight excluding hydrogens is 404 g/mol. The lowest BCUT2D eigenvalue weighted by Crippen LogP contribution is -2.27. The zero-order valence-corrected chi connectivity index (χ0v) is 16.0. The molecule has 1 aromatic heterocycles. The summed E-state index contributed by atoms with van der Waals surface area (Å²) in [6, 6.07) is 6.51. The largest absolute Gasteiger partial charge is 0.496 e. The molecule has 0 radical (unpaired) electrons. The smallest absolute Gasteiger partial charge is 0.244 e. The van der Waals surface area contributed by atoms with Crippen molar-refractivity contribution in [3.05, 3.63) is 51.2 Å². The van der Waals surface area contributed by atoms with E-state index in [0.29, 0.717) is 10.2 Å². The molecule has 0 aliphatic carbocycles. The quantitative estimate of drug-likeness (QED) is 0.747. The number of aryl methyl sites for hydroxylation is 1. The second kappa shape index (κ2) is 7.17. The lowest BCUT2D eigenvalue weighted by atomic mass is 10.1. The molecule has 1 unspecified atom stereocenters. The molecule has 8 heteroatoms. The summed E-state index contributed by atoms with van der Waals surface area (Å²) >= 11 is 9.12. The maximum absolute atomic E-state index is 12.6. The van der Waals surface area contributed by atoms with Gasteiger partial charge in [-0.15, -0.1) is 0 Å². The number of pyridine rings is 1. The molecule has 2 rings (SSSR count). The summed E-state index contributed by atoms with van der Waals surface area (Å²) in [6.45, 7) is 3.67. The first kappa shape index (κ1) is 18.2. The van der Waals surface area contributed by atoms with Crippen LogP contribution in [0.15, 0.2) is 39.8 Å². The van der Waals surface area contributed by atoms with Crippen LogP contribution in [0.3, 0.4) is 0 Å². The third kappa shape index (κ3) is 4.23. The van der Waals surface area contributed by atoms with Crippen LogP contribution in [0, 0.1) is 6.92 Å². The number of hydrogen-bond acceptors (Lipinski definition) is 4. The Morgan fingerprint density at radius 2 is 2.04 bits per heavy atom. The molecule has 0 saturated heterocycles. The standard InChI is InChI=1S/C15H16BrClN2O3S/c1-9-4-5-13(22-3)12(6-9)10(2)19-23(20,21)14-7-11(16)8-18-15(14)17/h4-8,10,19H,1-3H3. The van der Waals surface area contributed by atoms with Crippen molar-refractivity contribution in [2.24, 2.45) is 0 Å². The second-order valence-corrected chi connectivity index (χ2v) is 7.99. The van der Waals surface area contributed by atoms with Gasteiger partial charge < -0.3 is 4.74 Å². The van der Waals surface area contributed by atoms with Crippen LogP contribution in [0.5, 0.6) is 5.75 Å². The van der Waals surface area contributed by atoms with Crippen molar-refractivity contribution in [3.63, 3.8) is 0 Å². The van der Waals surface area contributed by atoms with Gasteiger partial charge in [-0.05, 0) is 41.9 Å². The van der Waals surface area contributed by atoms with Crippen LogP contribution in [0.2, 0.25) is 5.15 Å². The van der Waals surface area contributed by atoms with Gasteiger partial charge in [-0.25, -0.2) is 18.1 Å². The van der Waals surface area contributed by atoms with Gasteiger partial charge in [-0.3, -0.25) is 0 Å². The second-order valence-electron chi connectivity index (χ2n) is 5.03. The van der Waals surface area contributed by atoms with Gasteiger partial charge in [0, 0.05) is 22.3 Å². The summed E-state index contributed by atoms with van der Waals surface area (Å²) in [6.07, 6.45) is 1.44. The van der Waals surface area contributed by atoms with Gasteiger partial charge in [-0.2, -0.15) is 0 Å². The molecule has 23 heavy (non-hydrogen) atoms. The summed E-state index contributed by atoms with van der Waals surface area (Å²) in [5.74, 6) is 0.615. The molecule has 1 heterocycles. The Morgan fingerprint density at radius 3 is 2.70 bits per heavy atom. The highest BCUT2D eigenvalue weighted by molar-refractivity contribution is 9.10. The van der Waals surface area contributed by atoms with Crippen LogP contribution in [-0.4, -0.2) is 20.5 Å². The highest BCUT2D eigenvalue weighted by Gasteiger charge is 2.24. The van der Waals surface area contributed by atoms with Crippen LogP contribution in [-0.2, 0) is 10.0 Å². The van der Waals surface area contributed by atoms with Crippen LogP contribution in [0.4, 0.5) is 0 Å². The molecule has 1 atom stereocenters. The number of nitrogens with one attached hydrogen (secondary N) is 1. The van der Waals surface area contributed by atoms with E-state index >= 15 is 0 Å². The Morgan fingerprint density at radius 1 is 1.35 bits per heavy atom. The van der Waals surface area contributed by atoms with E-state index < -0.39 is 16.1 Å². The number of methoxy groups -OCH3 is 1. The molecule has 0 bridgehead atoms. The maximum atomic E-state index is 12.6. The third-order valence-electron chi connectivity index (χ3n) is 3.25. The van der Waals surface area contributed by atoms with E-state index in [4.69, 9.17) is 16.3 Å². The Balaban J connectivity index is 2.37. The number of ether oxygens (including phenoxy) is 1. The third-order valence-corrected chi connectivity index (χ3v) is 5.65. The fourth-order valence-corrected chi connectivity index (χ4v) is 4.31. The van der Waals surface area contributed by atoms with Gasteiger partial charge in [0.25, 0.3) is 0 Å². The van der Waals surface area contributed by atoms with Crippen LogP contribution < -0.4 is 9.46 Å². The van der Waals surface area contributed by atoms with Gasteiger partial charge in [-0.1, -0.05) is 29.3 Å². The minimum absolute atomic E-state index is 0.0768. The molecule has 5 nitrogen and oxygen atoms in total. The topological polar surface area (TPSA) is 68.3 Å². The van der Waals surface area contributed by atoms with Gasteiger partial charge in [0.1, 0.15) is 15.8 Å².